The first-order valence-corrected chi connectivity index (χ1v) is 7.60. The van der Waals surface area contributed by atoms with E-state index < -0.39 is 11.9 Å². The van der Waals surface area contributed by atoms with Crippen LogP contribution in [0.5, 0.6) is 5.75 Å². The van der Waals surface area contributed by atoms with Gasteiger partial charge in [-0.1, -0.05) is 0 Å². The van der Waals surface area contributed by atoms with Crippen LogP contribution in [0.3, 0.4) is 0 Å². The fourth-order valence-electron chi connectivity index (χ4n) is 2.51. The fraction of sp³-hybridized carbons (Fsp3) is 0.353. The van der Waals surface area contributed by atoms with Crippen LogP contribution in [0, 0.1) is 0 Å². The standard InChI is InChI=1S/C17H20N2O6/c1-10(21)11-4-5-14(24-2)13(8-11)18-15-12(17(23)25-3)9-19(6-7-20)16(15)22/h4-5,8,18,20H,6-7,9H2,1-3H3. The normalized spacial score (nSPS) is 13.9. The van der Waals surface area contributed by atoms with Crippen LogP contribution in [-0.2, 0) is 14.3 Å². The summed E-state index contributed by atoms with van der Waals surface area (Å²) < 4.78 is 9.98. The van der Waals surface area contributed by atoms with E-state index in [9.17, 15) is 14.4 Å². The summed E-state index contributed by atoms with van der Waals surface area (Å²) in [5.41, 5.74) is 1.00. The lowest BCUT2D eigenvalue weighted by atomic mass is 10.1. The van der Waals surface area contributed by atoms with E-state index in [2.05, 4.69) is 5.32 Å². The molecule has 8 heteroatoms. The number of amides is 1. The molecule has 0 saturated heterocycles. The molecule has 0 radical (unpaired) electrons. The van der Waals surface area contributed by atoms with Crippen LogP contribution in [0.1, 0.15) is 17.3 Å². The molecular formula is C17H20N2O6. The van der Waals surface area contributed by atoms with Crippen molar-refractivity contribution in [3.8, 4) is 5.75 Å². The molecule has 8 nitrogen and oxygen atoms in total. The predicted octanol–water partition coefficient (Wildman–Crippen LogP) is 0.571. The van der Waals surface area contributed by atoms with Crippen LogP contribution in [0.2, 0.25) is 0 Å². The predicted molar refractivity (Wildman–Crippen MR) is 89.3 cm³/mol. The molecule has 1 aromatic carbocycles. The zero-order chi connectivity index (χ0) is 18.6. The number of carbonyl (C=O) groups excluding carboxylic acids is 3. The Hall–Kier alpha value is -2.87. The Kier molecular flexibility index (Phi) is 5.76. The molecule has 0 saturated carbocycles. The van der Waals surface area contributed by atoms with Crippen molar-refractivity contribution in [3.05, 3.63) is 35.0 Å². The topological polar surface area (TPSA) is 105 Å². The Morgan fingerprint density at radius 2 is 2.04 bits per heavy atom. The Bertz CT molecular complexity index is 741. The number of nitrogens with one attached hydrogen (secondary N) is 1. The van der Waals surface area contributed by atoms with Gasteiger partial charge in [-0.3, -0.25) is 9.59 Å². The Balaban J connectivity index is 2.44. The maximum atomic E-state index is 12.5. The fourth-order valence-corrected chi connectivity index (χ4v) is 2.51. The minimum atomic E-state index is -0.641. The number of β-amino-alcohol motifs (C(OH)–C–C–N with tert-alkyl or cyclic N) is 1. The van der Waals surface area contributed by atoms with Gasteiger partial charge < -0.3 is 24.8 Å². The summed E-state index contributed by atoms with van der Waals surface area (Å²) in [6.45, 7) is 1.32. The van der Waals surface area contributed by atoms with E-state index in [0.29, 0.717) is 17.0 Å². The minimum Gasteiger partial charge on any atom is -0.495 e. The molecule has 1 heterocycles. The largest absolute Gasteiger partial charge is 0.495 e. The van der Waals surface area contributed by atoms with Crippen molar-refractivity contribution in [2.45, 2.75) is 6.92 Å². The van der Waals surface area contributed by atoms with E-state index in [1.165, 1.54) is 26.0 Å². The molecule has 25 heavy (non-hydrogen) atoms. The molecule has 0 bridgehead atoms. The molecule has 2 rings (SSSR count). The van der Waals surface area contributed by atoms with E-state index >= 15 is 0 Å². The Morgan fingerprint density at radius 1 is 1.32 bits per heavy atom. The number of aliphatic hydroxyl groups is 1. The second-order valence-corrected chi connectivity index (χ2v) is 5.39. The number of esters is 1. The van der Waals surface area contributed by atoms with Gasteiger partial charge >= 0.3 is 5.97 Å². The number of rotatable bonds is 7. The van der Waals surface area contributed by atoms with Crippen LogP contribution >= 0.6 is 0 Å². The second-order valence-electron chi connectivity index (χ2n) is 5.39. The SMILES string of the molecule is COC(=O)C1=C(Nc2cc(C(C)=O)ccc2OC)C(=O)N(CCO)C1. The lowest BCUT2D eigenvalue weighted by Gasteiger charge is -2.16. The third kappa shape index (κ3) is 3.80. The smallest absolute Gasteiger partial charge is 0.337 e. The zero-order valence-electron chi connectivity index (χ0n) is 14.3. The Morgan fingerprint density at radius 3 is 2.60 bits per heavy atom. The van der Waals surface area contributed by atoms with Crippen LogP contribution in [-0.4, -0.2) is 61.6 Å². The molecule has 0 unspecified atom stereocenters. The number of nitrogens with zero attached hydrogens (tertiary/aromatic N) is 1. The van der Waals surface area contributed by atoms with Gasteiger partial charge in [-0.25, -0.2) is 4.79 Å². The number of methoxy groups -OCH3 is 2. The second kappa shape index (κ2) is 7.80. The van der Waals surface area contributed by atoms with Crippen LogP contribution < -0.4 is 10.1 Å². The molecule has 1 aromatic rings. The average molecular weight is 348 g/mol. The highest BCUT2D eigenvalue weighted by Gasteiger charge is 2.34. The molecule has 134 valence electrons. The van der Waals surface area contributed by atoms with Gasteiger partial charge in [0.2, 0.25) is 0 Å². The molecule has 0 aliphatic carbocycles. The minimum absolute atomic E-state index is 0.0309. The van der Waals surface area contributed by atoms with Crippen molar-refractivity contribution < 1.29 is 29.0 Å². The number of Topliss-reactive ketones (excluding diaryl/α,β-unsaturated/α-hetero) is 1. The number of benzene rings is 1. The number of hydrogen-bond acceptors (Lipinski definition) is 7. The molecule has 0 atom stereocenters. The van der Waals surface area contributed by atoms with Crippen LogP contribution in [0.15, 0.2) is 29.5 Å². The highest BCUT2D eigenvalue weighted by atomic mass is 16.5. The number of carbonyl (C=O) groups is 3. The molecule has 0 spiro atoms. The molecule has 0 fully saturated rings. The van der Waals surface area contributed by atoms with Gasteiger partial charge in [0.25, 0.3) is 5.91 Å². The number of hydrogen-bond donors (Lipinski definition) is 2. The summed E-state index contributed by atoms with van der Waals surface area (Å²) in [6.07, 6.45) is 0. The highest BCUT2D eigenvalue weighted by Crippen LogP contribution is 2.30. The summed E-state index contributed by atoms with van der Waals surface area (Å²) in [4.78, 5) is 37.4. The number of ketones is 1. The quantitative estimate of drug-likeness (QED) is 0.548. The van der Waals surface area contributed by atoms with Crippen LogP contribution in [0.4, 0.5) is 5.69 Å². The first-order chi connectivity index (χ1) is 11.9. The monoisotopic (exact) mass is 348 g/mol. The summed E-state index contributed by atoms with van der Waals surface area (Å²) in [6, 6.07) is 4.75. The van der Waals surface area contributed by atoms with Gasteiger partial charge in [0.1, 0.15) is 11.4 Å². The van der Waals surface area contributed by atoms with Crippen molar-refractivity contribution in [3.63, 3.8) is 0 Å². The van der Waals surface area contributed by atoms with Crippen LogP contribution in [0.25, 0.3) is 0 Å². The molecule has 2 N–H and O–H groups in total. The van der Waals surface area contributed by atoms with Crippen molar-refractivity contribution in [2.24, 2.45) is 0 Å². The third-order valence-electron chi connectivity index (χ3n) is 3.82. The van der Waals surface area contributed by atoms with E-state index in [-0.39, 0.29) is 36.7 Å². The third-order valence-corrected chi connectivity index (χ3v) is 3.82. The summed E-state index contributed by atoms with van der Waals surface area (Å²) in [7, 11) is 2.68. The summed E-state index contributed by atoms with van der Waals surface area (Å²) in [5, 5.41) is 12.0. The molecule has 1 amide bonds. The van der Waals surface area contributed by atoms with Gasteiger partial charge in [0.05, 0.1) is 38.6 Å². The lowest BCUT2D eigenvalue weighted by Crippen LogP contribution is -2.31. The lowest BCUT2D eigenvalue weighted by molar-refractivity contribution is -0.136. The van der Waals surface area contributed by atoms with Gasteiger partial charge in [0.15, 0.2) is 5.78 Å². The Labute approximate surface area is 145 Å². The first kappa shape index (κ1) is 18.5. The zero-order valence-corrected chi connectivity index (χ0v) is 14.3. The van der Waals surface area contributed by atoms with E-state index in [1.807, 2.05) is 0 Å². The molecule has 1 aliphatic rings. The molecule has 0 aromatic heterocycles. The van der Waals surface area contributed by atoms with Gasteiger partial charge in [0, 0.05) is 12.1 Å². The summed E-state index contributed by atoms with van der Waals surface area (Å²) in [5.74, 6) is -0.814. The average Bonchev–Trinajstić information content (AvgIpc) is 2.91. The molecule has 1 aliphatic heterocycles. The maximum Gasteiger partial charge on any atom is 0.337 e. The number of ether oxygens (including phenoxy) is 2. The van der Waals surface area contributed by atoms with Gasteiger partial charge in [-0.05, 0) is 25.1 Å². The van der Waals surface area contributed by atoms with Crippen molar-refractivity contribution >= 4 is 23.3 Å². The van der Waals surface area contributed by atoms with E-state index in [0.717, 1.165) is 0 Å². The van der Waals surface area contributed by atoms with Gasteiger partial charge in [-0.15, -0.1) is 0 Å². The highest BCUT2D eigenvalue weighted by molar-refractivity contribution is 6.09. The maximum absolute atomic E-state index is 12.5. The number of aliphatic hydroxyl groups excluding tert-OH is 1. The molecular weight excluding hydrogens is 328 g/mol. The van der Waals surface area contributed by atoms with E-state index in [4.69, 9.17) is 14.6 Å². The van der Waals surface area contributed by atoms with E-state index in [1.54, 1.807) is 18.2 Å². The summed E-state index contributed by atoms with van der Waals surface area (Å²) >= 11 is 0. The first-order valence-electron chi connectivity index (χ1n) is 7.60. The number of anilines is 1. The van der Waals surface area contributed by atoms with Gasteiger partial charge in [-0.2, -0.15) is 0 Å². The van der Waals surface area contributed by atoms with Crippen molar-refractivity contribution in [2.75, 3.05) is 39.2 Å². The van der Waals surface area contributed by atoms with Crippen molar-refractivity contribution in [1.82, 2.24) is 4.90 Å². The van der Waals surface area contributed by atoms with Crippen molar-refractivity contribution in [1.29, 1.82) is 0 Å².